The van der Waals surface area contributed by atoms with Gasteiger partial charge in [-0.1, -0.05) is 41.9 Å². The number of aromatic nitrogens is 2. The van der Waals surface area contributed by atoms with Gasteiger partial charge >= 0.3 is 0 Å². The largest absolute Gasteiger partial charge is 0.308 e. The molecule has 0 saturated carbocycles. The molecule has 0 amide bonds. The summed E-state index contributed by atoms with van der Waals surface area (Å²) in [5, 5.41) is 0. The molecule has 4 nitrogen and oxygen atoms in total. The van der Waals surface area contributed by atoms with Crippen LogP contribution in [0.15, 0.2) is 28.7 Å². The van der Waals surface area contributed by atoms with Crippen LogP contribution in [0.25, 0.3) is 0 Å². The van der Waals surface area contributed by atoms with E-state index in [9.17, 15) is 0 Å². The van der Waals surface area contributed by atoms with Crippen LogP contribution in [0, 0.1) is 6.92 Å². The van der Waals surface area contributed by atoms with E-state index in [0.29, 0.717) is 12.3 Å². The third-order valence-corrected chi connectivity index (χ3v) is 3.64. The van der Waals surface area contributed by atoms with Gasteiger partial charge in [-0.2, -0.15) is 0 Å². The van der Waals surface area contributed by atoms with E-state index in [1.807, 2.05) is 19.1 Å². The first kappa shape index (κ1) is 14.9. The molecule has 20 heavy (non-hydrogen) atoms. The van der Waals surface area contributed by atoms with Crippen molar-refractivity contribution in [3.05, 3.63) is 51.4 Å². The Morgan fingerprint density at radius 1 is 1.30 bits per heavy atom. The van der Waals surface area contributed by atoms with Gasteiger partial charge < -0.3 is 5.43 Å². The van der Waals surface area contributed by atoms with Crippen molar-refractivity contribution < 1.29 is 0 Å². The fourth-order valence-electron chi connectivity index (χ4n) is 2.35. The van der Waals surface area contributed by atoms with E-state index in [-0.39, 0.29) is 0 Å². The molecule has 0 aliphatic heterocycles. The summed E-state index contributed by atoms with van der Waals surface area (Å²) in [7, 11) is 0. The van der Waals surface area contributed by atoms with Gasteiger partial charge in [-0.15, -0.1) is 0 Å². The molecule has 5 heteroatoms. The molecular formula is C15H19BrN4. The molecular weight excluding hydrogens is 316 g/mol. The Bertz CT molecular complexity index is 611. The van der Waals surface area contributed by atoms with Gasteiger partial charge in [-0.3, -0.25) is 0 Å². The number of hydrazine groups is 1. The van der Waals surface area contributed by atoms with E-state index < -0.39 is 0 Å². The Kier molecular flexibility index (Phi) is 4.73. The first-order valence-electron chi connectivity index (χ1n) is 6.59. The average molecular weight is 335 g/mol. The molecule has 0 bridgehead atoms. The van der Waals surface area contributed by atoms with Gasteiger partial charge in [-0.05, 0) is 30.5 Å². The predicted molar refractivity (Wildman–Crippen MR) is 85.6 cm³/mol. The van der Waals surface area contributed by atoms with Crippen LogP contribution in [0.4, 0.5) is 5.82 Å². The molecule has 2 aromatic rings. The number of nitrogen functional groups attached to an aromatic ring is 1. The molecule has 1 aromatic carbocycles. The van der Waals surface area contributed by atoms with Crippen LogP contribution >= 0.6 is 15.9 Å². The van der Waals surface area contributed by atoms with Crippen molar-refractivity contribution in [2.75, 3.05) is 5.43 Å². The van der Waals surface area contributed by atoms with Crippen molar-refractivity contribution in [3.8, 4) is 0 Å². The smallest absolute Gasteiger partial charge is 0.147 e. The minimum atomic E-state index is 0.334. The Labute approximate surface area is 127 Å². The highest BCUT2D eigenvalue weighted by Gasteiger charge is 2.14. The van der Waals surface area contributed by atoms with Crippen molar-refractivity contribution in [1.29, 1.82) is 0 Å². The number of aryl methyl sites for hydroxylation is 1. The molecule has 0 fully saturated rings. The van der Waals surface area contributed by atoms with Gasteiger partial charge in [0.15, 0.2) is 0 Å². The second-order valence-electron chi connectivity index (χ2n) is 5.09. The first-order valence-corrected chi connectivity index (χ1v) is 7.39. The zero-order chi connectivity index (χ0) is 14.7. The topological polar surface area (TPSA) is 63.8 Å². The van der Waals surface area contributed by atoms with E-state index >= 15 is 0 Å². The maximum absolute atomic E-state index is 5.60. The Hall–Kier alpha value is -1.46. The summed E-state index contributed by atoms with van der Waals surface area (Å²) < 4.78 is 1.06. The Morgan fingerprint density at radius 3 is 2.65 bits per heavy atom. The van der Waals surface area contributed by atoms with Gasteiger partial charge in [0.05, 0.1) is 0 Å². The zero-order valence-corrected chi connectivity index (χ0v) is 13.5. The molecule has 0 atom stereocenters. The quantitative estimate of drug-likeness (QED) is 0.663. The minimum absolute atomic E-state index is 0.334. The molecule has 0 spiro atoms. The van der Waals surface area contributed by atoms with Crippen LogP contribution in [-0.4, -0.2) is 9.97 Å². The first-order chi connectivity index (χ1) is 9.51. The third-order valence-electron chi connectivity index (χ3n) is 3.15. The SMILES string of the molecule is Cc1nc(Cc2cccc(Br)c2)nc(NN)c1C(C)C. The number of nitrogens with one attached hydrogen (secondary N) is 1. The standard InChI is InChI=1S/C15H19BrN4/c1-9(2)14-10(3)18-13(19-15(14)20-17)8-11-5-4-6-12(16)7-11/h4-7,9H,8,17H2,1-3H3,(H,18,19,20). The monoisotopic (exact) mass is 334 g/mol. The molecule has 3 N–H and O–H groups in total. The summed E-state index contributed by atoms with van der Waals surface area (Å²) in [5.74, 6) is 7.43. The molecule has 0 saturated heterocycles. The van der Waals surface area contributed by atoms with Gasteiger partial charge in [0.2, 0.25) is 0 Å². The van der Waals surface area contributed by atoms with E-state index in [0.717, 1.165) is 27.4 Å². The molecule has 0 aliphatic carbocycles. The Balaban J connectivity index is 2.36. The van der Waals surface area contributed by atoms with Crippen LogP contribution < -0.4 is 11.3 Å². The molecule has 0 radical (unpaired) electrons. The summed E-state index contributed by atoms with van der Waals surface area (Å²) in [6, 6.07) is 8.15. The normalized spacial score (nSPS) is 10.9. The zero-order valence-electron chi connectivity index (χ0n) is 11.9. The highest BCUT2D eigenvalue weighted by molar-refractivity contribution is 9.10. The summed E-state index contributed by atoms with van der Waals surface area (Å²) in [6.45, 7) is 6.23. The van der Waals surface area contributed by atoms with Gasteiger partial charge in [-0.25, -0.2) is 15.8 Å². The maximum Gasteiger partial charge on any atom is 0.147 e. The van der Waals surface area contributed by atoms with E-state index in [2.05, 4.69) is 57.3 Å². The summed E-state index contributed by atoms with van der Waals surface area (Å²) >= 11 is 3.48. The number of anilines is 1. The fraction of sp³-hybridized carbons (Fsp3) is 0.333. The van der Waals surface area contributed by atoms with Crippen LogP contribution in [0.2, 0.25) is 0 Å². The number of benzene rings is 1. The lowest BCUT2D eigenvalue weighted by molar-refractivity contribution is 0.811. The van der Waals surface area contributed by atoms with Crippen LogP contribution in [0.5, 0.6) is 0 Å². The average Bonchev–Trinajstić information content (AvgIpc) is 2.37. The summed E-state index contributed by atoms with van der Waals surface area (Å²) in [6.07, 6.45) is 0.688. The number of rotatable bonds is 4. The van der Waals surface area contributed by atoms with Crippen molar-refractivity contribution in [2.24, 2.45) is 5.84 Å². The van der Waals surface area contributed by atoms with Crippen molar-refractivity contribution in [3.63, 3.8) is 0 Å². The molecule has 106 valence electrons. The number of nitrogens with two attached hydrogens (primary N) is 1. The van der Waals surface area contributed by atoms with Crippen LogP contribution in [0.3, 0.4) is 0 Å². The van der Waals surface area contributed by atoms with E-state index in [4.69, 9.17) is 5.84 Å². The predicted octanol–water partition coefficient (Wildman–Crippen LogP) is 3.55. The van der Waals surface area contributed by atoms with Gasteiger partial charge in [0.25, 0.3) is 0 Å². The maximum atomic E-state index is 5.60. The van der Waals surface area contributed by atoms with Crippen LogP contribution in [0.1, 0.15) is 42.4 Å². The molecule has 1 heterocycles. The summed E-state index contributed by atoms with van der Waals surface area (Å²) in [4.78, 5) is 9.14. The molecule has 0 aliphatic rings. The highest BCUT2D eigenvalue weighted by atomic mass is 79.9. The lowest BCUT2D eigenvalue weighted by Gasteiger charge is -2.15. The number of hydrogen-bond donors (Lipinski definition) is 2. The molecule has 2 rings (SSSR count). The molecule has 0 unspecified atom stereocenters. The van der Waals surface area contributed by atoms with Crippen molar-refractivity contribution in [2.45, 2.75) is 33.1 Å². The number of halogens is 1. The highest BCUT2D eigenvalue weighted by Crippen LogP contribution is 2.25. The second-order valence-corrected chi connectivity index (χ2v) is 6.01. The third kappa shape index (κ3) is 3.35. The number of hydrogen-bond acceptors (Lipinski definition) is 4. The van der Waals surface area contributed by atoms with Crippen LogP contribution in [-0.2, 0) is 6.42 Å². The Morgan fingerprint density at radius 2 is 2.05 bits per heavy atom. The molecule has 1 aromatic heterocycles. The minimum Gasteiger partial charge on any atom is -0.308 e. The fourth-order valence-corrected chi connectivity index (χ4v) is 2.80. The van der Waals surface area contributed by atoms with Crippen molar-refractivity contribution >= 4 is 21.7 Å². The van der Waals surface area contributed by atoms with Gasteiger partial charge in [0.1, 0.15) is 11.6 Å². The lowest BCUT2D eigenvalue weighted by Crippen LogP contribution is -2.15. The second kappa shape index (κ2) is 6.33. The van der Waals surface area contributed by atoms with Gasteiger partial charge in [0, 0.05) is 22.2 Å². The van der Waals surface area contributed by atoms with E-state index in [1.54, 1.807) is 0 Å². The van der Waals surface area contributed by atoms with E-state index in [1.165, 1.54) is 5.56 Å². The number of nitrogens with zero attached hydrogens (tertiary/aromatic N) is 2. The lowest BCUT2D eigenvalue weighted by atomic mass is 10.0. The van der Waals surface area contributed by atoms with Crippen molar-refractivity contribution in [1.82, 2.24) is 9.97 Å². The summed E-state index contributed by atoms with van der Waals surface area (Å²) in [5.41, 5.74) is 5.91.